The summed E-state index contributed by atoms with van der Waals surface area (Å²) >= 11 is 0. The quantitative estimate of drug-likeness (QED) is 0.565. The fraction of sp³-hybridized carbons (Fsp3) is 0.750. The molecule has 0 spiro atoms. The number of nitrogens with zero attached hydrogens (tertiary/aromatic N) is 2. The van der Waals surface area contributed by atoms with Crippen molar-refractivity contribution in [3.05, 3.63) is 5.82 Å². The molecule has 1 aromatic rings. The fourth-order valence-electron chi connectivity index (χ4n) is 0.549. The number of H-pyrrole nitrogens is 2. The fourth-order valence-corrected chi connectivity index (χ4v) is 0.549. The van der Waals surface area contributed by atoms with E-state index in [0.29, 0.717) is 0 Å². The average Bonchev–Trinajstić information content (AvgIpc) is 2.19. The molecule has 4 heteroatoms. The lowest BCUT2D eigenvalue weighted by atomic mass is 10.3. The third kappa shape index (κ3) is 1.02. The standard InChI is InChI=1S/C4H8N4/c1-2-3-4-5-7-8-6-4/h2-3H2,1H3,(H,5,6,7,8)/p+1. The van der Waals surface area contributed by atoms with Crippen LogP contribution in [0.2, 0.25) is 0 Å². The molecule has 0 aliphatic carbocycles. The van der Waals surface area contributed by atoms with Gasteiger partial charge in [-0.05, 0) is 6.42 Å². The van der Waals surface area contributed by atoms with Gasteiger partial charge in [0.05, 0.1) is 0 Å². The highest BCUT2D eigenvalue weighted by Crippen LogP contribution is 1.84. The van der Waals surface area contributed by atoms with Gasteiger partial charge < -0.3 is 0 Å². The van der Waals surface area contributed by atoms with Crippen molar-refractivity contribution >= 4 is 0 Å². The van der Waals surface area contributed by atoms with Gasteiger partial charge in [-0.25, -0.2) is 0 Å². The van der Waals surface area contributed by atoms with Gasteiger partial charge in [0, 0.05) is 6.42 Å². The summed E-state index contributed by atoms with van der Waals surface area (Å²) in [5, 5.41) is 12.6. The first-order valence-corrected chi connectivity index (χ1v) is 2.71. The molecule has 0 saturated heterocycles. The zero-order valence-corrected chi connectivity index (χ0v) is 4.81. The van der Waals surface area contributed by atoms with Crippen molar-refractivity contribution in [2.75, 3.05) is 0 Å². The molecular formula is C4H9N4+. The number of aromatic nitrogens is 4. The molecule has 4 nitrogen and oxygen atoms in total. The summed E-state index contributed by atoms with van der Waals surface area (Å²) < 4.78 is 0. The largest absolute Gasteiger partial charge is 0.298 e. The minimum Gasteiger partial charge on any atom is -0.176 e. The van der Waals surface area contributed by atoms with E-state index in [9.17, 15) is 0 Å². The van der Waals surface area contributed by atoms with Crippen LogP contribution in [0.1, 0.15) is 19.2 Å². The monoisotopic (exact) mass is 113 g/mol. The molecule has 8 heavy (non-hydrogen) atoms. The van der Waals surface area contributed by atoms with Crippen LogP contribution in [-0.4, -0.2) is 15.5 Å². The molecule has 0 radical (unpaired) electrons. The van der Waals surface area contributed by atoms with Gasteiger partial charge >= 0.3 is 0 Å². The van der Waals surface area contributed by atoms with E-state index in [1.54, 1.807) is 0 Å². The second-order valence-electron chi connectivity index (χ2n) is 1.63. The molecule has 1 heterocycles. The Morgan fingerprint density at radius 3 is 3.12 bits per heavy atom. The maximum absolute atomic E-state index is 3.74. The third-order valence-corrected chi connectivity index (χ3v) is 0.908. The highest BCUT2D eigenvalue weighted by molar-refractivity contribution is 4.64. The second-order valence-corrected chi connectivity index (χ2v) is 1.63. The Balaban J connectivity index is 2.50. The van der Waals surface area contributed by atoms with Crippen molar-refractivity contribution in [1.29, 1.82) is 0 Å². The summed E-state index contributed by atoms with van der Waals surface area (Å²) in [4.78, 5) is 0. The van der Waals surface area contributed by atoms with Gasteiger partial charge in [-0.15, -0.1) is 0 Å². The predicted molar refractivity (Wildman–Crippen MR) is 26.9 cm³/mol. The molecule has 0 amide bonds. The predicted octanol–water partition coefficient (Wildman–Crippen LogP) is -0.429. The van der Waals surface area contributed by atoms with E-state index in [-0.39, 0.29) is 0 Å². The number of hydrogen-bond donors (Lipinski definition) is 1. The van der Waals surface area contributed by atoms with Gasteiger partial charge in [-0.3, -0.25) is 0 Å². The Morgan fingerprint density at radius 1 is 1.75 bits per heavy atom. The number of hydrogen-bond acceptors (Lipinski definition) is 2. The highest BCUT2D eigenvalue weighted by atomic mass is 15.5. The van der Waals surface area contributed by atoms with Gasteiger partial charge in [-0.1, -0.05) is 12.1 Å². The highest BCUT2D eigenvalue weighted by Gasteiger charge is 2.00. The maximum atomic E-state index is 3.74. The summed E-state index contributed by atoms with van der Waals surface area (Å²) in [5.74, 6) is 0.924. The third-order valence-electron chi connectivity index (χ3n) is 0.908. The summed E-state index contributed by atoms with van der Waals surface area (Å²) in [6.07, 6.45) is 2.07. The van der Waals surface area contributed by atoms with Crippen molar-refractivity contribution in [2.24, 2.45) is 0 Å². The number of aromatic amines is 2. The Hall–Kier alpha value is -0.930. The van der Waals surface area contributed by atoms with E-state index >= 15 is 0 Å². The summed E-state index contributed by atoms with van der Waals surface area (Å²) in [6, 6.07) is 0. The minimum atomic E-state index is 0.924. The second kappa shape index (κ2) is 2.40. The normalized spacial score (nSPS) is 9.62. The van der Waals surface area contributed by atoms with E-state index in [2.05, 4.69) is 27.5 Å². The van der Waals surface area contributed by atoms with Crippen LogP contribution in [0.5, 0.6) is 0 Å². The van der Waals surface area contributed by atoms with Crippen molar-refractivity contribution < 1.29 is 5.10 Å². The van der Waals surface area contributed by atoms with E-state index < -0.39 is 0 Å². The van der Waals surface area contributed by atoms with Crippen LogP contribution in [0.4, 0.5) is 0 Å². The molecule has 0 atom stereocenters. The van der Waals surface area contributed by atoms with E-state index in [1.165, 1.54) is 0 Å². The zero-order chi connectivity index (χ0) is 5.82. The van der Waals surface area contributed by atoms with Crippen molar-refractivity contribution in [3.8, 4) is 0 Å². The van der Waals surface area contributed by atoms with Crippen molar-refractivity contribution in [1.82, 2.24) is 15.5 Å². The lowest BCUT2D eigenvalue weighted by Crippen LogP contribution is -2.08. The first-order valence-electron chi connectivity index (χ1n) is 2.71. The van der Waals surface area contributed by atoms with Crippen LogP contribution >= 0.6 is 0 Å². The molecule has 0 aromatic carbocycles. The Morgan fingerprint density at radius 2 is 2.62 bits per heavy atom. The van der Waals surface area contributed by atoms with Crippen molar-refractivity contribution in [2.45, 2.75) is 19.8 Å². The molecular weight excluding hydrogens is 104 g/mol. The van der Waals surface area contributed by atoms with E-state index in [4.69, 9.17) is 0 Å². The molecule has 0 bridgehead atoms. The van der Waals surface area contributed by atoms with Crippen LogP contribution in [0.25, 0.3) is 0 Å². The van der Waals surface area contributed by atoms with Gasteiger partial charge in [0.2, 0.25) is 0 Å². The number of tetrazole rings is 1. The number of aryl methyl sites for hydroxylation is 1. The Labute approximate surface area is 47.3 Å². The summed E-state index contributed by atoms with van der Waals surface area (Å²) in [5.41, 5.74) is 0. The van der Waals surface area contributed by atoms with E-state index in [1.807, 2.05) is 0 Å². The molecule has 1 rings (SSSR count). The molecule has 1 aromatic heterocycles. The van der Waals surface area contributed by atoms with Crippen LogP contribution < -0.4 is 5.10 Å². The topological polar surface area (TPSA) is 55.7 Å². The molecule has 0 saturated carbocycles. The Kier molecular flexibility index (Phi) is 1.56. The first kappa shape index (κ1) is 5.21. The van der Waals surface area contributed by atoms with E-state index in [0.717, 1.165) is 18.7 Å². The molecule has 0 aliphatic rings. The van der Waals surface area contributed by atoms with Crippen molar-refractivity contribution in [3.63, 3.8) is 0 Å². The van der Waals surface area contributed by atoms with Crippen LogP contribution in [-0.2, 0) is 6.42 Å². The SMILES string of the molecule is CCCc1nn[nH][nH+]1. The van der Waals surface area contributed by atoms with Crippen LogP contribution in [0, 0.1) is 0 Å². The zero-order valence-electron chi connectivity index (χ0n) is 4.81. The smallest absolute Gasteiger partial charge is 0.176 e. The minimum absolute atomic E-state index is 0.924. The number of rotatable bonds is 2. The lowest BCUT2D eigenvalue weighted by molar-refractivity contribution is -0.466. The van der Waals surface area contributed by atoms with Crippen LogP contribution in [0.3, 0.4) is 0 Å². The Bertz CT molecular complexity index is 134. The molecule has 2 N–H and O–H groups in total. The molecule has 44 valence electrons. The maximum Gasteiger partial charge on any atom is 0.298 e. The molecule has 0 fully saturated rings. The summed E-state index contributed by atoms with van der Waals surface area (Å²) in [7, 11) is 0. The van der Waals surface area contributed by atoms with Gasteiger partial charge in [0.15, 0.2) is 5.21 Å². The van der Waals surface area contributed by atoms with Gasteiger partial charge in [0.1, 0.15) is 5.10 Å². The van der Waals surface area contributed by atoms with Gasteiger partial charge in [0.25, 0.3) is 5.82 Å². The lowest BCUT2D eigenvalue weighted by Gasteiger charge is -1.75. The first-order chi connectivity index (χ1) is 3.93. The van der Waals surface area contributed by atoms with Crippen LogP contribution in [0.15, 0.2) is 0 Å². The average molecular weight is 113 g/mol. The summed E-state index contributed by atoms with van der Waals surface area (Å²) in [6.45, 7) is 2.10. The van der Waals surface area contributed by atoms with Gasteiger partial charge in [-0.2, -0.15) is 5.10 Å². The molecule has 0 unspecified atom stereocenters. The number of nitrogens with one attached hydrogen (secondary N) is 2. The molecule has 0 aliphatic heterocycles.